The Morgan fingerprint density at radius 1 is 1.11 bits per heavy atom. The summed E-state index contributed by atoms with van der Waals surface area (Å²) in [7, 11) is 0. The lowest BCUT2D eigenvalue weighted by molar-refractivity contribution is 0.222. The van der Waals surface area contributed by atoms with Gasteiger partial charge in [0.25, 0.3) is 0 Å². The molecule has 6 nitrogen and oxygen atoms in total. The van der Waals surface area contributed by atoms with E-state index in [1.165, 1.54) is 0 Å². The van der Waals surface area contributed by atoms with Gasteiger partial charge in [0, 0.05) is 6.04 Å². The van der Waals surface area contributed by atoms with Crippen LogP contribution in [0.2, 0.25) is 0 Å². The second-order valence-electron chi connectivity index (χ2n) is 5.70. The van der Waals surface area contributed by atoms with Crippen molar-refractivity contribution in [2.24, 2.45) is 5.41 Å². The van der Waals surface area contributed by atoms with E-state index in [-0.39, 0.29) is 29.5 Å². The summed E-state index contributed by atoms with van der Waals surface area (Å²) in [4.78, 5) is 12.2. The number of nitrogens with two attached hydrogens (primary N) is 1. The summed E-state index contributed by atoms with van der Waals surface area (Å²) in [5.74, 6) is 0.602. The van der Waals surface area contributed by atoms with Crippen LogP contribution in [0.5, 0.6) is 6.01 Å². The van der Waals surface area contributed by atoms with Crippen LogP contribution in [-0.4, -0.2) is 27.1 Å². The maximum Gasteiger partial charge on any atom is 0.323 e. The Kier molecular flexibility index (Phi) is 4.32. The molecule has 0 saturated carbocycles. The van der Waals surface area contributed by atoms with Crippen molar-refractivity contribution in [1.29, 1.82) is 0 Å². The number of nitrogen functional groups attached to an aromatic ring is 1. The third kappa shape index (κ3) is 4.35. The van der Waals surface area contributed by atoms with E-state index >= 15 is 0 Å². The van der Waals surface area contributed by atoms with Crippen LogP contribution in [0.3, 0.4) is 0 Å². The Hall–Kier alpha value is -1.59. The largest absolute Gasteiger partial charge is 0.461 e. The van der Waals surface area contributed by atoms with E-state index in [1.54, 1.807) is 0 Å². The monoisotopic (exact) mass is 253 g/mol. The van der Waals surface area contributed by atoms with Gasteiger partial charge in [-0.25, -0.2) is 0 Å². The Balaban J connectivity index is 2.86. The SMILES string of the molecule is CC(C)Oc1nc(N)nc(NC(C)C(C)(C)C)n1. The molecule has 1 rings (SSSR count). The van der Waals surface area contributed by atoms with Gasteiger partial charge in [-0.2, -0.15) is 15.0 Å². The zero-order valence-corrected chi connectivity index (χ0v) is 12.0. The van der Waals surface area contributed by atoms with E-state index in [2.05, 4.69) is 48.0 Å². The summed E-state index contributed by atoms with van der Waals surface area (Å²) in [6, 6.07) is 0.451. The second kappa shape index (κ2) is 5.37. The minimum Gasteiger partial charge on any atom is -0.461 e. The Labute approximate surface area is 108 Å². The maximum absolute atomic E-state index is 5.64. The average Bonchev–Trinajstić information content (AvgIpc) is 2.13. The van der Waals surface area contributed by atoms with Crippen LogP contribution in [0, 0.1) is 5.41 Å². The van der Waals surface area contributed by atoms with Gasteiger partial charge in [-0.1, -0.05) is 20.8 Å². The quantitative estimate of drug-likeness (QED) is 0.854. The van der Waals surface area contributed by atoms with Gasteiger partial charge in [0.2, 0.25) is 11.9 Å². The fraction of sp³-hybridized carbons (Fsp3) is 0.750. The molecule has 1 aromatic heterocycles. The molecule has 6 heteroatoms. The van der Waals surface area contributed by atoms with E-state index in [0.29, 0.717) is 5.95 Å². The van der Waals surface area contributed by atoms with Crippen molar-refractivity contribution in [2.45, 2.75) is 53.7 Å². The molecular weight excluding hydrogens is 230 g/mol. The van der Waals surface area contributed by atoms with Crippen LogP contribution in [0.15, 0.2) is 0 Å². The van der Waals surface area contributed by atoms with Crippen molar-refractivity contribution in [3.8, 4) is 6.01 Å². The predicted octanol–water partition coefficient (Wildman–Crippen LogP) is 2.09. The van der Waals surface area contributed by atoms with Crippen LogP contribution in [-0.2, 0) is 0 Å². The van der Waals surface area contributed by atoms with Gasteiger partial charge in [0.1, 0.15) is 0 Å². The fourth-order valence-corrected chi connectivity index (χ4v) is 1.11. The zero-order chi connectivity index (χ0) is 13.9. The Morgan fingerprint density at radius 2 is 1.72 bits per heavy atom. The topological polar surface area (TPSA) is 86.0 Å². The highest BCUT2D eigenvalue weighted by atomic mass is 16.5. The van der Waals surface area contributed by atoms with Crippen LogP contribution in [0.4, 0.5) is 11.9 Å². The standard InChI is InChI=1S/C12H23N5O/c1-7(2)18-11-16-9(13)15-10(17-11)14-8(3)12(4,5)6/h7-8H,1-6H3,(H3,13,14,15,16,17). The zero-order valence-electron chi connectivity index (χ0n) is 12.0. The number of nitrogens with zero attached hydrogens (tertiary/aromatic N) is 3. The predicted molar refractivity (Wildman–Crippen MR) is 72.5 cm³/mol. The highest BCUT2D eigenvalue weighted by Gasteiger charge is 2.21. The van der Waals surface area contributed by atoms with E-state index in [1.807, 2.05) is 13.8 Å². The van der Waals surface area contributed by atoms with E-state index in [4.69, 9.17) is 10.5 Å². The summed E-state index contributed by atoms with van der Waals surface area (Å²) < 4.78 is 5.42. The number of rotatable bonds is 4. The first-order chi connectivity index (χ1) is 8.18. The molecule has 0 aliphatic rings. The minimum absolute atomic E-state index is 0.000287. The lowest BCUT2D eigenvalue weighted by atomic mass is 9.88. The van der Waals surface area contributed by atoms with Gasteiger partial charge in [-0.3, -0.25) is 0 Å². The molecule has 1 heterocycles. The van der Waals surface area contributed by atoms with E-state index in [9.17, 15) is 0 Å². The Bertz CT molecular complexity index is 400. The molecule has 1 unspecified atom stereocenters. The normalized spacial score (nSPS) is 13.5. The molecule has 0 aromatic carbocycles. The molecule has 0 saturated heterocycles. The number of hydrogen-bond donors (Lipinski definition) is 2. The summed E-state index contributed by atoms with van der Waals surface area (Å²) in [6.07, 6.45) is -0.000287. The average molecular weight is 253 g/mol. The lowest BCUT2D eigenvalue weighted by Crippen LogP contribution is -2.31. The van der Waals surface area contributed by atoms with Crippen molar-refractivity contribution < 1.29 is 4.74 Å². The molecule has 1 atom stereocenters. The number of ether oxygens (including phenoxy) is 1. The molecule has 0 spiro atoms. The number of aromatic nitrogens is 3. The summed E-state index contributed by atoms with van der Waals surface area (Å²) in [5.41, 5.74) is 5.74. The first-order valence-corrected chi connectivity index (χ1v) is 6.13. The highest BCUT2D eigenvalue weighted by Crippen LogP contribution is 2.22. The second-order valence-corrected chi connectivity index (χ2v) is 5.70. The van der Waals surface area contributed by atoms with Gasteiger partial charge in [0.05, 0.1) is 6.10 Å². The van der Waals surface area contributed by atoms with E-state index in [0.717, 1.165) is 0 Å². The number of hydrogen-bond acceptors (Lipinski definition) is 6. The molecular formula is C12H23N5O. The number of anilines is 2. The van der Waals surface area contributed by atoms with Gasteiger partial charge in [0.15, 0.2) is 0 Å². The smallest absolute Gasteiger partial charge is 0.323 e. The molecule has 0 aliphatic heterocycles. The van der Waals surface area contributed by atoms with E-state index < -0.39 is 0 Å². The van der Waals surface area contributed by atoms with Crippen LogP contribution in [0.25, 0.3) is 0 Å². The van der Waals surface area contributed by atoms with Crippen molar-refractivity contribution in [2.75, 3.05) is 11.1 Å². The van der Waals surface area contributed by atoms with Gasteiger partial charge in [-0.05, 0) is 26.2 Å². The third-order valence-electron chi connectivity index (χ3n) is 2.62. The Morgan fingerprint density at radius 3 is 2.22 bits per heavy atom. The van der Waals surface area contributed by atoms with Gasteiger partial charge >= 0.3 is 6.01 Å². The van der Waals surface area contributed by atoms with Gasteiger partial charge < -0.3 is 15.8 Å². The molecule has 0 fully saturated rings. The molecule has 0 bridgehead atoms. The van der Waals surface area contributed by atoms with Crippen LogP contribution < -0.4 is 15.8 Å². The van der Waals surface area contributed by atoms with Crippen molar-refractivity contribution >= 4 is 11.9 Å². The molecule has 3 N–H and O–H groups in total. The van der Waals surface area contributed by atoms with Gasteiger partial charge in [-0.15, -0.1) is 0 Å². The van der Waals surface area contributed by atoms with Crippen molar-refractivity contribution in [3.05, 3.63) is 0 Å². The molecule has 0 aliphatic carbocycles. The highest BCUT2D eigenvalue weighted by molar-refractivity contribution is 5.33. The molecule has 18 heavy (non-hydrogen) atoms. The maximum atomic E-state index is 5.64. The summed E-state index contributed by atoms with van der Waals surface area (Å²) >= 11 is 0. The number of nitrogens with one attached hydrogen (secondary N) is 1. The molecule has 1 aromatic rings. The van der Waals surface area contributed by atoms with Crippen molar-refractivity contribution in [1.82, 2.24) is 15.0 Å². The summed E-state index contributed by atoms with van der Waals surface area (Å²) in [6.45, 7) is 12.3. The van der Waals surface area contributed by atoms with Crippen LogP contribution >= 0.6 is 0 Å². The van der Waals surface area contributed by atoms with Crippen LogP contribution in [0.1, 0.15) is 41.5 Å². The molecule has 0 amide bonds. The first kappa shape index (κ1) is 14.5. The fourth-order valence-electron chi connectivity index (χ4n) is 1.11. The summed E-state index contributed by atoms with van der Waals surface area (Å²) in [5, 5.41) is 3.21. The lowest BCUT2D eigenvalue weighted by Gasteiger charge is -2.28. The minimum atomic E-state index is -0.000287. The third-order valence-corrected chi connectivity index (χ3v) is 2.62. The molecule has 0 radical (unpaired) electrons. The van der Waals surface area contributed by atoms with Crippen molar-refractivity contribution in [3.63, 3.8) is 0 Å². The first-order valence-electron chi connectivity index (χ1n) is 6.13. The molecule has 102 valence electrons.